The molecule has 0 aliphatic carbocycles. The number of pyridine rings is 1. The molecule has 3 rings (SSSR count). The molecule has 1 aromatic heterocycles. The molecule has 30 heavy (non-hydrogen) atoms. The lowest BCUT2D eigenvalue weighted by Crippen LogP contribution is -2.18. The summed E-state index contributed by atoms with van der Waals surface area (Å²) in [6, 6.07) is 13.4. The zero-order valence-corrected chi connectivity index (χ0v) is 15.7. The Kier molecular flexibility index (Phi) is 6.01. The van der Waals surface area contributed by atoms with E-state index in [1.54, 1.807) is 30.3 Å². The molecule has 0 unspecified atom stereocenters. The van der Waals surface area contributed by atoms with E-state index in [1.807, 2.05) is 0 Å². The van der Waals surface area contributed by atoms with Crippen LogP contribution in [0.25, 0.3) is 0 Å². The molecule has 0 radical (unpaired) electrons. The van der Waals surface area contributed by atoms with E-state index in [4.69, 9.17) is 4.74 Å². The molecule has 0 aliphatic rings. The molecule has 0 atom stereocenters. The van der Waals surface area contributed by atoms with Crippen LogP contribution in [0.4, 0.5) is 18.9 Å². The molecule has 2 amide bonds. The van der Waals surface area contributed by atoms with E-state index >= 15 is 0 Å². The minimum atomic E-state index is -4.46. The summed E-state index contributed by atoms with van der Waals surface area (Å²) in [5, 5.41) is 5.07. The smallest absolute Gasteiger partial charge is 0.416 e. The summed E-state index contributed by atoms with van der Waals surface area (Å²) in [5.74, 6) is -0.0229. The molecule has 2 N–H and O–H groups in total. The molecular formula is C21H16F3N3O3. The van der Waals surface area contributed by atoms with Gasteiger partial charge in [-0.1, -0.05) is 0 Å². The Balaban J connectivity index is 1.64. The Morgan fingerprint density at radius 3 is 2.17 bits per heavy atom. The molecule has 0 bridgehead atoms. The van der Waals surface area contributed by atoms with Gasteiger partial charge in [0.25, 0.3) is 11.8 Å². The largest absolute Gasteiger partial charge is 0.457 e. The first-order valence-corrected chi connectivity index (χ1v) is 8.71. The molecule has 1 heterocycles. The number of carbonyl (C=O) groups is 2. The maximum Gasteiger partial charge on any atom is 0.416 e. The number of ether oxygens (including phenoxy) is 1. The Morgan fingerprint density at radius 2 is 1.57 bits per heavy atom. The summed E-state index contributed by atoms with van der Waals surface area (Å²) in [7, 11) is 1.50. The van der Waals surface area contributed by atoms with Crippen LogP contribution < -0.4 is 15.4 Å². The minimum absolute atomic E-state index is 0.0989. The van der Waals surface area contributed by atoms with Crippen molar-refractivity contribution in [1.82, 2.24) is 10.3 Å². The molecule has 0 saturated heterocycles. The highest BCUT2D eigenvalue weighted by molar-refractivity contribution is 6.04. The zero-order chi connectivity index (χ0) is 21.7. The van der Waals surface area contributed by atoms with Crippen molar-refractivity contribution >= 4 is 17.5 Å². The molecule has 0 fully saturated rings. The molecule has 154 valence electrons. The van der Waals surface area contributed by atoms with Crippen LogP contribution in [0.1, 0.15) is 26.4 Å². The maximum absolute atomic E-state index is 12.6. The highest BCUT2D eigenvalue weighted by Gasteiger charge is 2.30. The van der Waals surface area contributed by atoms with Gasteiger partial charge in [-0.05, 0) is 54.6 Å². The van der Waals surface area contributed by atoms with Gasteiger partial charge in [0.2, 0.25) is 0 Å². The van der Waals surface area contributed by atoms with Crippen LogP contribution in [0, 0.1) is 0 Å². The number of anilines is 1. The third kappa shape index (κ3) is 5.13. The molecule has 2 aromatic carbocycles. The first-order valence-electron chi connectivity index (χ1n) is 8.71. The highest BCUT2D eigenvalue weighted by Crippen LogP contribution is 2.29. The van der Waals surface area contributed by atoms with Gasteiger partial charge in [0.1, 0.15) is 17.2 Å². The van der Waals surface area contributed by atoms with E-state index in [-0.39, 0.29) is 17.2 Å². The number of nitrogens with one attached hydrogen (secondary N) is 2. The number of benzene rings is 2. The first kappa shape index (κ1) is 20.8. The molecule has 9 heteroatoms. The van der Waals surface area contributed by atoms with Gasteiger partial charge < -0.3 is 15.4 Å². The quantitative estimate of drug-likeness (QED) is 0.643. The van der Waals surface area contributed by atoms with Gasteiger partial charge in [-0.15, -0.1) is 0 Å². The molecule has 0 aliphatic heterocycles. The fourth-order valence-electron chi connectivity index (χ4n) is 2.48. The van der Waals surface area contributed by atoms with E-state index < -0.39 is 17.6 Å². The van der Waals surface area contributed by atoms with Gasteiger partial charge in [-0.25, -0.2) is 0 Å². The van der Waals surface area contributed by atoms with Gasteiger partial charge in [-0.3, -0.25) is 14.6 Å². The van der Waals surface area contributed by atoms with Gasteiger partial charge in [-0.2, -0.15) is 13.2 Å². The van der Waals surface area contributed by atoms with Crippen molar-refractivity contribution in [2.45, 2.75) is 6.18 Å². The summed E-state index contributed by atoms with van der Waals surface area (Å²) in [6.45, 7) is 0. The average Bonchev–Trinajstić information content (AvgIpc) is 2.74. The Morgan fingerprint density at radius 1 is 0.900 bits per heavy atom. The summed E-state index contributed by atoms with van der Waals surface area (Å²) < 4.78 is 43.5. The van der Waals surface area contributed by atoms with Crippen molar-refractivity contribution in [1.29, 1.82) is 0 Å². The number of hydrogen-bond acceptors (Lipinski definition) is 4. The van der Waals surface area contributed by atoms with Gasteiger partial charge >= 0.3 is 6.18 Å². The Bertz CT molecular complexity index is 1050. The van der Waals surface area contributed by atoms with Crippen molar-refractivity contribution in [2.24, 2.45) is 0 Å². The highest BCUT2D eigenvalue weighted by atomic mass is 19.4. The molecule has 6 nitrogen and oxygen atoms in total. The van der Waals surface area contributed by atoms with Gasteiger partial charge in [0, 0.05) is 30.6 Å². The lowest BCUT2D eigenvalue weighted by atomic mass is 10.1. The summed E-state index contributed by atoms with van der Waals surface area (Å²) in [5.41, 5.74) is -0.0819. The Hall–Kier alpha value is -3.88. The lowest BCUT2D eigenvalue weighted by Gasteiger charge is -2.10. The van der Waals surface area contributed by atoms with Crippen molar-refractivity contribution in [2.75, 3.05) is 12.4 Å². The third-order valence-corrected chi connectivity index (χ3v) is 4.01. The number of carbonyl (C=O) groups excluding carboxylic acids is 2. The van der Waals surface area contributed by atoms with Crippen LogP contribution in [-0.2, 0) is 6.18 Å². The van der Waals surface area contributed by atoms with Crippen molar-refractivity contribution in [3.05, 3.63) is 83.7 Å². The lowest BCUT2D eigenvalue weighted by molar-refractivity contribution is -0.137. The number of halogens is 3. The fourth-order valence-corrected chi connectivity index (χ4v) is 2.48. The first-order chi connectivity index (χ1) is 14.3. The van der Waals surface area contributed by atoms with Crippen molar-refractivity contribution in [3.63, 3.8) is 0 Å². The van der Waals surface area contributed by atoms with Gasteiger partial charge in [0.05, 0.1) is 5.56 Å². The van der Waals surface area contributed by atoms with E-state index in [0.717, 1.165) is 24.3 Å². The Labute approximate surface area is 169 Å². The van der Waals surface area contributed by atoms with E-state index in [1.165, 1.54) is 19.3 Å². The third-order valence-electron chi connectivity index (χ3n) is 4.01. The predicted octanol–water partition coefficient (Wildman–Crippen LogP) is 4.50. The van der Waals surface area contributed by atoms with E-state index in [9.17, 15) is 22.8 Å². The second-order valence-corrected chi connectivity index (χ2v) is 6.11. The second kappa shape index (κ2) is 8.64. The molecule has 0 saturated carbocycles. The summed E-state index contributed by atoms with van der Waals surface area (Å²) in [6.07, 6.45) is -3.01. The van der Waals surface area contributed by atoms with Crippen LogP contribution >= 0.6 is 0 Å². The van der Waals surface area contributed by atoms with Crippen LogP contribution in [0.2, 0.25) is 0 Å². The number of nitrogens with zero attached hydrogens (tertiary/aromatic N) is 1. The fraction of sp³-hybridized carbons (Fsp3) is 0.0952. The number of alkyl halides is 3. The second-order valence-electron chi connectivity index (χ2n) is 6.11. The average molecular weight is 415 g/mol. The number of amides is 2. The number of aromatic nitrogens is 1. The maximum atomic E-state index is 12.6. The monoisotopic (exact) mass is 415 g/mol. The normalized spacial score (nSPS) is 10.9. The standard InChI is InChI=1S/C21H16F3N3O3/c1-25-20(29)18-12-17(10-11-26-18)30-16-8-6-15(7-9-16)27-19(28)13-2-4-14(5-3-13)21(22,23)24/h2-12H,1H3,(H,25,29)(H,27,28). The predicted molar refractivity (Wildman–Crippen MR) is 104 cm³/mol. The van der Waals surface area contributed by atoms with Crippen molar-refractivity contribution < 1.29 is 27.5 Å². The summed E-state index contributed by atoms with van der Waals surface area (Å²) >= 11 is 0. The van der Waals surface area contributed by atoms with Crippen molar-refractivity contribution in [3.8, 4) is 11.5 Å². The molecule has 0 spiro atoms. The summed E-state index contributed by atoms with van der Waals surface area (Å²) in [4.78, 5) is 27.8. The molecular weight excluding hydrogens is 399 g/mol. The van der Waals surface area contributed by atoms with E-state index in [0.29, 0.717) is 17.2 Å². The van der Waals surface area contributed by atoms with E-state index in [2.05, 4.69) is 15.6 Å². The SMILES string of the molecule is CNC(=O)c1cc(Oc2ccc(NC(=O)c3ccc(C(F)(F)F)cc3)cc2)ccn1. The number of rotatable bonds is 5. The number of hydrogen-bond donors (Lipinski definition) is 2. The minimum Gasteiger partial charge on any atom is -0.457 e. The van der Waals surface area contributed by atoms with Crippen LogP contribution in [0.5, 0.6) is 11.5 Å². The van der Waals surface area contributed by atoms with Gasteiger partial charge in [0.15, 0.2) is 0 Å². The van der Waals surface area contributed by atoms with Crippen LogP contribution in [-0.4, -0.2) is 23.8 Å². The van der Waals surface area contributed by atoms with Crippen LogP contribution in [0.15, 0.2) is 66.9 Å². The topological polar surface area (TPSA) is 80.3 Å². The van der Waals surface area contributed by atoms with Crippen LogP contribution in [0.3, 0.4) is 0 Å². The zero-order valence-electron chi connectivity index (χ0n) is 15.7. The molecule has 3 aromatic rings.